The molecule has 0 radical (unpaired) electrons. The summed E-state index contributed by atoms with van der Waals surface area (Å²) >= 11 is 0. The van der Waals surface area contributed by atoms with Crippen LogP contribution in [0, 0.1) is 0 Å². The van der Waals surface area contributed by atoms with E-state index >= 15 is 0 Å². The molecule has 2 aromatic rings. The molecule has 0 amide bonds. The molecule has 3 nitrogen and oxygen atoms in total. The van der Waals surface area contributed by atoms with Crippen LogP contribution in [0.15, 0.2) is 54.6 Å². The Bertz CT molecular complexity index is 913. The van der Waals surface area contributed by atoms with Gasteiger partial charge in [0.25, 0.3) is 0 Å². The van der Waals surface area contributed by atoms with E-state index < -0.39 is 0 Å². The van der Waals surface area contributed by atoms with Gasteiger partial charge in [0.15, 0.2) is 5.78 Å². The van der Waals surface area contributed by atoms with Gasteiger partial charge in [-0.05, 0) is 62.8 Å². The number of unbranched alkanes of at least 4 members (excludes halogenated alkanes) is 18. The van der Waals surface area contributed by atoms with Gasteiger partial charge >= 0.3 is 0 Å². The van der Waals surface area contributed by atoms with Crippen molar-refractivity contribution >= 4 is 5.78 Å². The Balaban J connectivity index is 0.00000924. The third kappa shape index (κ3) is 20.1. The van der Waals surface area contributed by atoms with Crippen molar-refractivity contribution in [1.29, 1.82) is 0 Å². The van der Waals surface area contributed by atoms with Gasteiger partial charge in [0.05, 0.1) is 33.8 Å². The molecule has 0 heterocycles. The Labute approximate surface area is 276 Å². The normalized spacial score (nSPS) is 11.3. The number of rotatable bonds is 27. The van der Waals surface area contributed by atoms with Crippen LogP contribution in [0.3, 0.4) is 0 Å². The fraction of sp³-hybridized carbons (Fsp3) is 0.667. The molecule has 0 N–H and O–H groups in total. The molecule has 0 unspecified atom stereocenters. The molecule has 0 fully saturated rings. The molecule has 0 spiro atoms. The number of ketones is 1. The zero-order chi connectivity index (χ0) is 30.1. The van der Waals surface area contributed by atoms with E-state index in [1.165, 1.54) is 135 Å². The van der Waals surface area contributed by atoms with Gasteiger partial charge in [0.1, 0.15) is 5.75 Å². The van der Waals surface area contributed by atoms with Crippen LogP contribution in [-0.4, -0.2) is 44.1 Å². The van der Waals surface area contributed by atoms with Crippen molar-refractivity contribution in [3.05, 3.63) is 65.7 Å². The lowest BCUT2D eigenvalue weighted by molar-refractivity contribution is -0.890. The topological polar surface area (TPSA) is 26.3 Å². The van der Waals surface area contributed by atoms with Crippen LogP contribution in [0.1, 0.15) is 151 Å². The van der Waals surface area contributed by atoms with Gasteiger partial charge < -0.3 is 26.2 Å². The van der Waals surface area contributed by atoms with Crippen LogP contribution in [-0.2, 0) is 0 Å². The van der Waals surface area contributed by atoms with Crippen LogP contribution in [0.5, 0.6) is 5.75 Å². The molecule has 43 heavy (non-hydrogen) atoms. The summed E-state index contributed by atoms with van der Waals surface area (Å²) in [6, 6.07) is 17.0. The summed E-state index contributed by atoms with van der Waals surface area (Å²) < 4.78 is 7.07. The van der Waals surface area contributed by atoms with E-state index in [0.717, 1.165) is 28.8 Å². The highest BCUT2D eigenvalue weighted by molar-refractivity contribution is 6.08. The van der Waals surface area contributed by atoms with Crippen molar-refractivity contribution in [2.24, 2.45) is 0 Å². The minimum absolute atomic E-state index is 0. The van der Waals surface area contributed by atoms with E-state index in [-0.39, 0.29) is 22.8 Å². The van der Waals surface area contributed by atoms with Crippen LogP contribution in [0.4, 0.5) is 0 Å². The highest BCUT2D eigenvalue weighted by Crippen LogP contribution is 2.17. The maximum atomic E-state index is 12.5. The van der Waals surface area contributed by atoms with Gasteiger partial charge in [0.2, 0.25) is 0 Å². The van der Waals surface area contributed by atoms with Gasteiger partial charge in [0, 0.05) is 11.1 Å². The maximum absolute atomic E-state index is 12.5. The van der Waals surface area contributed by atoms with Gasteiger partial charge in [-0.2, -0.15) is 0 Å². The fourth-order valence-corrected chi connectivity index (χ4v) is 5.84. The monoisotopic (exact) mass is 657 g/mol. The van der Waals surface area contributed by atoms with Crippen LogP contribution < -0.4 is 21.7 Å². The number of hydrogen-bond acceptors (Lipinski definition) is 2. The number of nitrogens with zero attached hydrogens (tertiary/aromatic N) is 1. The summed E-state index contributed by atoms with van der Waals surface area (Å²) in [4.78, 5) is 12.5. The molecule has 244 valence electrons. The minimum atomic E-state index is 0. The Hall–Kier alpha value is -1.65. The second kappa shape index (κ2) is 25.7. The molecular formula is C39H64BrNO2. The third-order valence-corrected chi connectivity index (χ3v) is 8.70. The molecule has 0 aliphatic carbocycles. The average Bonchev–Trinajstić information content (AvgIpc) is 3.00. The minimum Gasteiger partial charge on any atom is -1.00 e. The van der Waals surface area contributed by atoms with Crippen LogP contribution in [0.25, 0.3) is 0 Å². The Morgan fingerprint density at radius 2 is 0.930 bits per heavy atom. The number of carbonyl (C=O) groups is 1. The number of benzene rings is 2. The first-order valence-electron chi connectivity index (χ1n) is 17.7. The van der Waals surface area contributed by atoms with Crippen LogP contribution >= 0.6 is 0 Å². The maximum Gasteiger partial charge on any atom is 0.193 e. The highest BCUT2D eigenvalue weighted by Gasteiger charge is 2.13. The number of ether oxygens (including phenoxy) is 1. The summed E-state index contributed by atoms with van der Waals surface area (Å²) in [6.07, 6.45) is 27.8. The predicted molar refractivity (Wildman–Crippen MR) is 182 cm³/mol. The summed E-state index contributed by atoms with van der Waals surface area (Å²) in [5.74, 6) is 0.898. The van der Waals surface area contributed by atoms with Crippen LogP contribution in [0.2, 0.25) is 0 Å². The number of halogens is 1. The molecule has 0 aromatic heterocycles. The standard InChI is InChI=1S/C39H64NO2.BrH/c1-4-5-6-7-8-9-10-11-12-13-14-15-16-17-18-24-33-40(2,3)34-25-19-20-26-35-42-38-31-29-37(30-32-38)39(41)36-27-22-21-23-28-36;/h21-23,27-32H,4-20,24-26,33-35H2,1-3H3;1H/q+1;/p-1. The fourth-order valence-electron chi connectivity index (χ4n) is 5.84. The Morgan fingerprint density at radius 3 is 1.40 bits per heavy atom. The number of hydrogen-bond donors (Lipinski definition) is 0. The SMILES string of the molecule is CCCCCCCCCCCCCCCCCC[N+](C)(C)CCCCCCOc1ccc(C(=O)c2ccccc2)cc1.[Br-]. The molecule has 0 aliphatic heterocycles. The Morgan fingerprint density at radius 1 is 0.535 bits per heavy atom. The van der Waals surface area contributed by atoms with Crippen molar-refractivity contribution in [2.75, 3.05) is 33.8 Å². The average molecular weight is 659 g/mol. The summed E-state index contributed by atoms with van der Waals surface area (Å²) in [5, 5.41) is 0. The molecule has 0 bridgehead atoms. The first kappa shape index (κ1) is 39.4. The molecule has 2 rings (SSSR count). The van der Waals surface area contributed by atoms with Gasteiger partial charge in [-0.3, -0.25) is 4.79 Å². The lowest BCUT2D eigenvalue weighted by atomic mass is 10.0. The van der Waals surface area contributed by atoms with E-state index in [4.69, 9.17) is 4.74 Å². The van der Waals surface area contributed by atoms with E-state index in [1.54, 1.807) is 0 Å². The summed E-state index contributed by atoms with van der Waals surface area (Å²) in [7, 11) is 4.81. The molecule has 0 atom stereocenters. The molecule has 4 heteroatoms. The quantitative estimate of drug-likeness (QED) is 0.0550. The van der Waals surface area contributed by atoms with E-state index in [0.29, 0.717) is 5.56 Å². The largest absolute Gasteiger partial charge is 1.00 e. The predicted octanol–water partition coefficient (Wildman–Crippen LogP) is 8.20. The van der Waals surface area contributed by atoms with Crippen molar-refractivity contribution in [3.8, 4) is 5.75 Å². The van der Waals surface area contributed by atoms with E-state index in [9.17, 15) is 4.79 Å². The van der Waals surface area contributed by atoms with Gasteiger partial charge in [-0.25, -0.2) is 0 Å². The van der Waals surface area contributed by atoms with Gasteiger partial charge in [-0.1, -0.05) is 127 Å². The third-order valence-electron chi connectivity index (χ3n) is 8.70. The highest BCUT2D eigenvalue weighted by atomic mass is 79.9. The smallest absolute Gasteiger partial charge is 0.193 e. The second-order valence-corrected chi connectivity index (χ2v) is 13.2. The van der Waals surface area contributed by atoms with Crippen molar-refractivity contribution < 1.29 is 31.0 Å². The summed E-state index contributed by atoms with van der Waals surface area (Å²) in [6.45, 7) is 5.62. The Kier molecular flexibility index (Phi) is 23.5. The van der Waals surface area contributed by atoms with Crippen molar-refractivity contribution in [2.45, 2.75) is 135 Å². The summed E-state index contributed by atoms with van der Waals surface area (Å²) in [5.41, 5.74) is 1.42. The zero-order valence-corrected chi connectivity index (χ0v) is 29.7. The molecule has 0 saturated heterocycles. The van der Waals surface area contributed by atoms with Gasteiger partial charge in [-0.15, -0.1) is 0 Å². The lowest BCUT2D eigenvalue weighted by Crippen LogP contribution is -3.00. The first-order chi connectivity index (χ1) is 20.5. The molecule has 0 aliphatic rings. The lowest BCUT2D eigenvalue weighted by Gasteiger charge is -2.30. The molecule has 2 aromatic carbocycles. The second-order valence-electron chi connectivity index (χ2n) is 13.2. The zero-order valence-electron chi connectivity index (χ0n) is 28.1. The number of quaternary nitrogens is 1. The van der Waals surface area contributed by atoms with E-state index in [1.807, 2.05) is 54.6 Å². The van der Waals surface area contributed by atoms with Crippen molar-refractivity contribution in [1.82, 2.24) is 0 Å². The van der Waals surface area contributed by atoms with E-state index in [2.05, 4.69) is 21.0 Å². The first-order valence-corrected chi connectivity index (χ1v) is 17.7. The molecular weight excluding hydrogens is 594 g/mol. The van der Waals surface area contributed by atoms with Crippen molar-refractivity contribution in [3.63, 3.8) is 0 Å². The molecule has 0 saturated carbocycles. The number of carbonyl (C=O) groups excluding carboxylic acids is 1.